The minimum atomic E-state index is -0.623. The van der Waals surface area contributed by atoms with E-state index in [0.717, 1.165) is 12.8 Å². The fraction of sp³-hybridized carbons (Fsp3) is 0.600. The number of nitrogens with one attached hydrogen (secondary N) is 1. The third-order valence-electron chi connectivity index (χ3n) is 3.14. The zero-order chi connectivity index (χ0) is 12.6. The lowest BCUT2D eigenvalue weighted by molar-refractivity contribution is -0.124. The largest absolute Gasteiger partial charge is 0.392 e. The van der Waals surface area contributed by atoms with Crippen molar-refractivity contribution in [3.05, 3.63) is 12.2 Å². The fourth-order valence-electron chi connectivity index (χ4n) is 1.79. The van der Waals surface area contributed by atoms with Gasteiger partial charge >= 0.3 is 0 Å². The molecule has 92 valence electrons. The Bertz CT molecular complexity index is 465. The average molecular weight is 253 g/mol. The van der Waals surface area contributed by atoms with E-state index < -0.39 is 5.41 Å². The van der Waals surface area contributed by atoms with Crippen LogP contribution >= 0.6 is 12.2 Å². The van der Waals surface area contributed by atoms with Crippen LogP contribution in [0.25, 0.3) is 0 Å². The summed E-state index contributed by atoms with van der Waals surface area (Å²) in [5, 5.41) is 10.6. The number of carbonyl (C=O) groups excluding carboxylic acids is 1. The molecule has 0 radical (unpaired) electrons. The Morgan fingerprint density at radius 3 is 2.76 bits per heavy atom. The van der Waals surface area contributed by atoms with Crippen molar-refractivity contribution in [3.63, 3.8) is 0 Å². The van der Waals surface area contributed by atoms with Crippen LogP contribution in [0.15, 0.2) is 6.33 Å². The van der Waals surface area contributed by atoms with Gasteiger partial charge in [-0.25, -0.2) is 0 Å². The van der Waals surface area contributed by atoms with Crippen molar-refractivity contribution in [2.75, 3.05) is 0 Å². The molecular weight excluding hydrogens is 238 g/mol. The number of aryl methyl sites for hydroxylation is 1. The van der Waals surface area contributed by atoms with E-state index in [1.807, 2.05) is 14.0 Å². The van der Waals surface area contributed by atoms with Crippen LogP contribution in [0.3, 0.4) is 0 Å². The summed E-state index contributed by atoms with van der Waals surface area (Å²) in [7, 11) is 1.83. The maximum atomic E-state index is 12.0. The quantitative estimate of drug-likeness (QED) is 0.741. The molecule has 0 spiro atoms. The van der Waals surface area contributed by atoms with E-state index in [2.05, 4.69) is 15.5 Å². The van der Waals surface area contributed by atoms with Gasteiger partial charge in [0.05, 0.1) is 16.4 Å². The molecule has 1 aromatic heterocycles. The summed E-state index contributed by atoms with van der Waals surface area (Å²) in [6.45, 7) is 1.86. The molecule has 1 aliphatic rings. The van der Waals surface area contributed by atoms with Crippen LogP contribution < -0.4 is 11.1 Å². The lowest BCUT2D eigenvalue weighted by Crippen LogP contribution is -2.41. The molecule has 1 heterocycles. The summed E-state index contributed by atoms with van der Waals surface area (Å²) in [6, 6.07) is -0.207. The fourth-order valence-corrected chi connectivity index (χ4v) is 2.09. The summed E-state index contributed by atoms with van der Waals surface area (Å²) in [5.41, 5.74) is 4.97. The van der Waals surface area contributed by atoms with Crippen molar-refractivity contribution in [1.82, 2.24) is 20.1 Å². The standard InChI is InChI=1S/C10H15N5OS/c1-6(7-14-12-5-15(7)2)13-9(16)10(3-4-10)8(11)17/h5-6H,3-4H2,1-2H3,(H2,11,17)(H,13,16). The first-order chi connectivity index (χ1) is 7.97. The number of hydrogen-bond donors (Lipinski definition) is 2. The smallest absolute Gasteiger partial charge is 0.233 e. The van der Waals surface area contributed by atoms with Crippen LogP contribution in [-0.2, 0) is 11.8 Å². The Morgan fingerprint density at radius 2 is 2.35 bits per heavy atom. The number of nitrogens with two attached hydrogens (primary N) is 1. The summed E-state index contributed by atoms with van der Waals surface area (Å²) in [4.78, 5) is 12.3. The van der Waals surface area contributed by atoms with Gasteiger partial charge in [0.2, 0.25) is 5.91 Å². The van der Waals surface area contributed by atoms with E-state index in [1.165, 1.54) is 0 Å². The van der Waals surface area contributed by atoms with E-state index in [1.54, 1.807) is 10.9 Å². The van der Waals surface area contributed by atoms with Gasteiger partial charge in [0.25, 0.3) is 0 Å². The number of carbonyl (C=O) groups is 1. The Balaban J connectivity index is 2.05. The van der Waals surface area contributed by atoms with E-state index in [9.17, 15) is 4.79 Å². The number of hydrogen-bond acceptors (Lipinski definition) is 4. The minimum absolute atomic E-state index is 0.111. The molecule has 1 unspecified atom stereocenters. The van der Waals surface area contributed by atoms with Gasteiger partial charge in [0.1, 0.15) is 6.33 Å². The molecule has 0 saturated heterocycles. The molecule has 0 bridgehead atoms. The van der Waals surface area contributed by atoms with Crippen LogP contribution in [0.1, 0.15) is 31.6 Å². The van der Waals surface area contributed by atoms with Crippen LogP contribution in [0.5, 0.6) is 0 Å². The third kappa shape index (κ3) is 2.02. The van der Waals surface area contributed by atoms with Crippen LogP contribution in [0, 0.1) is 5.41 Å². The SMILES string of the molecule is CC(NC(=O)C1(C(N)=S)CC1)c1nncn1C. The van der Waals surface area contributed by atoms with Gasteiger partial charge < -0.3 is 15.6 Å². The van der Waals surface area contributed by atoms with E-state index in [4.69, 9.17) is 18.0 Å². The van der Waals surface area contributed by atoms with E-state index in [-0.39, 0.29) is 16.9 Å². The molecule has 0 aliphatic heterocycles. The molecular formula is C10H15N5OS. The molecule has 2 rings (SSSR count). The van der Waals surface area contributed by atoms with Crippen molar-refractivity contribution in [3.8, 4) is 0 Å². The first kappa shape index (κ1) is 12.0. The second-order valence-corrected chi connectivity index (χ2v) is 4.88. The summed E-state index contributed by atoms with van der Waals surface area (Å²) >= 11 is 4.93. The lowest BCUT2D eigenvalue weighted by atomic mass is 10.1. The summed E-state index contributed by atoms with van der Waals surface area (Å²) in [5.74, 6) is 0.595. The minimum Gasteiger partial charge on any atom is -0.392 e. The highest BCUT2D eigenvalue weighted by Crippen LogP contribution is 2.46. The highest BCUT2D eigenvalue weighted by Gasteiger charge is 2.53. The Hall–Kier alpha value is -1.50. The van der Waals surface area contributed by atoms with Crippen molar-refractivity contribution in [2.45, 2.75) is 25.8 Å². The summed E-state index contributed by atoms with van der Waals surface area (Å²) in [6.07, 6.45) is 3.07. The molecule has 6 nitrogen and oxygen atoms in total. The molecule has 1 aromatic rings. The number of amides is 1. The number of aromatic nitrogens is 3. The molecule has 0 aromatic carbocycles. The molecule has 1 saturated carbocycles. The van der Waals surface area contributed by atoms with Crippen molar-refractivity contribution < 1.29 is 4.79 Å². The Morgan fingerprint density at radius 1 is 1.71 bits per heavy atom. The zero-order valence-electron chi connectivity index (χ0n) is 9.80. The van der Waals surface area contributed by atoms with Gasteiger partial charge in [0.15, 0.2) is 5.82 Å². The van der Waals surface area contributed by atoms with Gasteiger partial charge in [-0.3, -0.25) is 4.79 Å². The Labute approximate surface area is 105 Å². The van der Waals surface area contributed by atoms with Crippen LogP contribution in [0.2, 0.25) is 0 Å². The lowest BCUT2D eigenvalue weighted by Gasteiger charge is -2.18. The molecule has 7 heteroatoms. The topological polar surface area (TPSA) is 85.8 Å². The molecule has 1 atom stereocenters. The predicted octanol–water partition coefficient (Wildman–Crippen LogP) is 0.0586. The molecule has 1 aliphatic carbocycles. The van der Waals surface area contributed by atoms with Crippen LogP contribution in [0.4, 0.5) is 0 Å². The van der Waals surface area contributed by atoms with E-state index >= 15 is 0 Å². The normalized spacial score (nSPS) is 18.5. The molecule has 1 fully saturated rings. The van der Waals surface area contributed by atoms with Crippen molar-refractivity contribution >= 4 is 23.1 Å². The first-order valence-corrected chi connectivity index (χ1v) is 5.83. The van der Waals surface area contributed by atoms with Gasteiger partial charge in [0, 0.05) is 7.05 Å². The number of rotatable bonds is 4. The second-order valence-electron chi connectivity index (χ2n) is 4.44. The van der Waals surface area contributed by atoms with Gasteiger partial charge in [-0.15, -0.1) is 10.2 Å². The third-order valence-corrected chi connectivity index (χ3v) is 3.53. The second kappa shape index (κ2) is 4.06. The van der Waals surface area contributed by atoms with Crippen molar-refractivity contribution in [2.24, 2.45) is 18.2 Å². The Kier molecular flexibility index (Phi) is 2.86. The maximum absolute atomic E-state index is 12.0. The monoisotopic (exact) mass is 253 g/mol. The highest BCUT2D eigenvalue weighted by molar-refractivity contribution is 7.80. The van der Waals surface area contributed by atoms with Gasteiger partial charge in [-0.1, -0.05) is 12.2 Å². The zero-order valence-corrected chi connectivity index (χ0v) is 10.6. The average Bonchev–Trinajstić information content (AvgIpc) is 2.96. The number of nitrogens with zero attached hydrogens (tertiary/aromatic N) is 3. The maximum Gasteiger partial charge on any atom is 0.233 e. The van der Waals surface area contributed by atoms with Crippen molar-refractivity contribution in [1.29, 1.82) is 0 Å². The van der Waals surface area contributed by atoms with Crippen LogP contribution in [-0.4, -0.2) is 25.7 Å². The molecule has 3 N–H and O–H groups in total. The predicted molar refractivity (Wildman–Crippen MR) is 66.0 cm³/mol. The first-order valence-electron chi connectivity index (χ1n) is 5.42. The molecule has 17 heavy (non-hydrogen) atoms. The highest BCUT2D eigenvalue weighted by atomic mass is 32.1. The summed E-state index contributed by atoms with van der Waals surface area (Å²) < 4.78 is 1.77. The molecule has 1 amide bonds. The number of thiocarbonyl (C=S) groups is 1. The van der Waals surface area contributed by atoms with E-state index in [0.29, 0.717) is 5.82 Å². The van der Waals surface area contributed by atoms with Gasteiger partial charge in [-0.05, 0) is 19.8 Å². The van der Waals surface area contributed by atoms with Gasteiger partial charge in [-0.2, -0.15) is 0 Å².